The highest BCUT2D eigenvalue weighted by Crippen LogP contribution is 2.21. The molecule has 0 amide bonds. The van der Waals surface area contributed by atoms with Gasteiger partial charge in [0.25, 0.3) is 5.56 Å². The van der Waals surface area contributed by atoms with Crippen molar-refractivity contribution in [3.05, 3.63) is 50.9 Å². The fourth-order valence-electron chi connectivity index (χ4n) is 2.55. The van der Waals surface area contributed by atoms with E-state index in [0.29, 0.717) is 10.8 Å². The minimum Gasteiger partial charge on any atom is -0.306 e. The summed E-state index contributed by atoms with van der Waals surface area (Å²) in [6.07, 6.45) is 5.09. The topological polar surface area (TPSA) is 45.8 Å². The Bertz CT molecular complexity index is 663. The lowest BCUT2D eigenvalue weighted by Crippen LogP contribution is -2.18. The number of hydrogen-bond donors (Lipinski definition) is 1. The lowest BCUT2D eigenvalue weighted by atomic mass is 10.1. The van der Waals surface area contributed by atoms with Gasteiger partial charge in [0.2, 0.25) is 0 Å². The highest BCUT2D eigenvalue weighted by Gasteiger charge is 2.15. The Morgan fingerprint density at radius 2 is 2.00 bits per heavy atom. The molecular formula is C15H15ClN2O. The van der Waals surface area contributed by atoms with Crippen LogP contribution in [-0.4, -0.2) is 9.97 Å². The van der Waals surface area contributed by atoms with Crippen LogP contribution >= 0.6 is 11.6 Å². The van der Waals surface area contributed by atoms with Crippen molar-refractivity contribution in [2.24, 2.45) is 0 Å². The van der Waals surface area contributed by atoms with Gasteiger partial charge >= 0.3 is 0 Å². The maximum absolute atomic E-state index is 12.2. The molecular weight excluding hydrogens is 260 g/mol. The number of nitrogens with one attached hydrogen (secondary N) is 1. The number of halogens is 1. The number of nitrogens with zero attached hydrogens (tertiary/aromatic N) is 1. The molecule has 0 unspecified atom stereocenters. The average molecular weight is 275 g/mol. The smallest absolute Gasteiger partial charge is 0.254 e. The van der Waals surface area contributed by atoms with E-state index in [2.05, 4.69) is 9.97 Å². The zero-order valence-corrected chi connectivity index (χ0v) is 11.3. The van der Waals surface area contributed by atoms with Crippen molar-refractivity contribution in [1.29, 1.82) is 0 Å². The molecule has 1 aromatic carbocycles. The maximum atomic E-state index is 12.2. The zero-order valence-electron chi connectivity index (χ0n) is 10.6. The summed E-state index contributed by atoms with van der Waals surface area (Å²) in [5.41, 5.74) is 2.68. The fraction of sp³-hybridized carbons (Fsp3) is 0.333. The number of aromatic amines is 1. The number of hydrogen-bond acceptors (Lipinski definition) is 2. The average Bonchev–Trinajstić information content (AvgIpc) is 2.64. The van der Waals surface area contributed by atoms with E-state index < -0.39 is 0 Å². The summed E-state index contributed by atoms with van der Waals surface area (Å²) in [5.74, 6) is 0.619. The van der Waals surface area contributed by atoms with Gasteiger partial charge in [-0.25, -0.2) is 4.98 Å². The highest BCUT2D eigenvalue weighted by atomic mass is 35.5. The molecule has 0 saturated heterocycles. The number of H-pyrrole nitrogens is 1. The monoisotopic (exact) mass is 274 g/mol. The third-order valence-electron chi connectivity index (χ3n) is 3.54. The molecule has 0 aliphatic heterocycles. The molecule has 19 heavy (non-hydrogen) atoms. The summed E-state index contributed by atoms with van der Waals surface area (Å²) >= 11 is 5.98. The second-order valence-corrected chi connectivity index (χ2v) is 5.35. The van der Waals surface area contributed by atoms with Gasteiger partial charge in [-0.2, -0.15) is 0 Å². The van der Waals surface area contributed by atoms with E-state index in [-0.39, 0.29) is 5.56 Å². The molecule has 0 saturated carbocycles. The molecule has 1 aliphatic carbocycles. The van der Waals surface area contributed by atoms with Gasteiger partial charge in [0.1, 0.15) is 5.82 Å². The molecule has 0 radical (unpaired) electrons. The minimum atomic E-state index is 0.00174. The largest absolute Gasteiger partial charge is 0.306 e. The van der Waals surface area contributed by atoms with Crippen LogP contribution in [0.15, 0.2) is 29.1 Å². The molecule has 98 valence electrons. The molecule has 0 atom stereocenters. The van der Waals surface area contributed by atoms with Crippen molar-refractivity contribution in [2.45, 2.75) is 32.1 Å². The molecule has 1 heterocycles. The molecule has 0 spiro atoms. The molecule has 3 rings (SSSR count). The first-order chi connectivity index (χ1) is 9.24. The Morgan fingerprint density at radius 1 is 1.16 bits per heavy atom. The zero-order chi connectivity index (χ0) is 13.2. The SMILES string of the molecule is O=c1[nH]c(-c2cccc(Cl)c2)nc2c1CCCCC2. The van der Waals surface area contributed by atoms with Gasteiger partial charge in [0.05, 0.1) is 5.69 Å². The Labute approximate surface area is 116 Å². The minimum absolute atomic E-state index is 0.00174. The van der Waals surface area contributed by atoms with Crippen molar-refractivity contribution < 1.29 is 0 Å². The number of aromatic nitrogens is 2. The van der Waals surface area contributed by atoms with E-state index in [1.54, 1.807) is 0 Å². The molecule has 3 nitrogen and oxygen atoms in total. The van der Waals surface area contributed by atoms with Crippen molar-refractivity contribution in [1.82, 2.24) is 9.97 Å². The van der Waals surface area contributed by atoms with Crippen LogP contribution in [0.4, 0.5) is 0 Å². The summed E-state index contributed by atoms with van der Waals surface area (Å²) < 4.78 is 0. The number of aryl methyl sites for hydroxylation is 1. The number of benzene rings is 1. The van der Waals surface area contributed by atoms with Crippen LogP contribution in [0.1, 0.15) is 30.5 Å². The Balaban J connectivity index is 2.11. The second-order valence-electron chi connectivity index (χ2n) is 4.91. The van der Waals surface area contributed by atoms with Crippen LogP contribution in [0.2, 0.25) is 5.02 Å². The lowest BCUT2D eigenvalue weighted by Gasteiger charge is -2.07. The van der Waals surface area contributed by atoms with Crippen molar-refractivity contribution in [3.63, 3.8) is 0 Å². The summed E-state index contributed by atoms with van der Waals surface area (Å²) in [6, 6.07) is 7.41. The first-order valence-corrected chi connectivity index (χ1v) is 7.00. The molecule has 2 aromatic rings. The van der Waals surface area contributed by atoms with E-state index in [1.807, 2.05) is 24.3 Å². The third-order valence-corrected chi connectivity index (χ3v) is 3.77. The van der Waals surface area contributed by atoms with Crippen molar-refractivity contribution in [2.75, 3.05) is 0 Å². The summed E-state index contributed by atoms with van der Waals surface area (Å²) in [7, 11) is 0. The standard InChI is InChI=1S/C15H15ClN2O/c16-11-6-4-5-10(9-11)14-17-13-8-3-1-2-7-12(13)15(19)18-14/h4-6,9H,1-3,7-8H2,(H,17,18,19). The maximum Gasteiger partial charge on any atom is 0.254 e. The van der Waals surface area contributed by atoms with Gasteiger partial charge in [0.15, 0.2) is 0 Å². The summed E-state index contributed by atoms with van der Waals surface area (Å²) in [6.45, 7) is 0. The number of rotatable bonds is 1. The fourth-order valence-corrected chi connectivity index (χ4v) is 2.74. The summed E-state index contributed by atoms with van der Waals surface area (Å²) in [4.78, 5) is 19.7. The van der Waals surface area contributed by atoms with E-state index in [4.69, 9.17) is 11.6 Å². The molecule has 1 aromatic heterocycles. The van der Waals surface area contributed by atoms with Crippen LogP contribution in [0, 0.1) is 0 Å². The predicted octanol–water partition coefficient (Wildman–Crippen LogP) is 3.36. The van der Waals surface area contributed by atoms with Gasteiger partial charge in [-0.15, -0.1) is 0 Å². The van der Waals surface area contributed by atoms with Crippen LogP contribution in [0.5, 0.6) is 0 Å². The molecule has 0 bridgehead atoms. The van der Waals surface area contributed by atoms with Gasteiger partial charge in [-0.1, -0.05) is 30.2 Å². The third kappa shape index (κ3) is 2.56. The van der Waals surface area contributed by atoms with Gasteiger partial charge < -0.3 is 4.98 Å². The predicted molar refractivity (Wildman–Crippen MR) is 76.6 cm³/mol. The van der Waals surface area contributed by atoms with E-state index in [9.17, 15) is 4.79 Å². The lowest BCUT2D eigenvalue weighted by molar-refractivity contribution is 0.708. The van der Waals surface area contributed by atoms with Gasteiger partial charge in [0, 0.05) is 16.1 Å². The van der Waals surface area contributed by atoms with Crippen molar-refractivity contribution in [3.8, 4) is 11.4 Å². The quantitative estimate of drug-likeness (QED) is 0.811. The molecule has 1 aliphatic rings. The molecule has 4 heteroatoms. The Hall–Kier alpha value is -1.61. The first kappa shape index (κ1) is 12.4. The van der Waals surface area contributed by atoms with Crippen molar-refractivity contribution >= 4 is 11.6 Å². The van der Waals surface area contributed by atoms with Crippen LogP contribution in [0.25, 0.3) is 11.4 Å². The Kier molecular flexibility index (Phi) is 3.38. The first-order valence-electron chi connectivity index (χ1n) is 6.62. The number of fused-ring (bicyclic) bond motifs is 1. The van der Waals surface area contributed by atoms with Gasteiger partial charge in [-0.05, 0) is 37.8 Å². The van der Waals surface area contributed by atoms with E-state index in [0.717, 1.165) is 42.5 Å². The molecule has 1 N–H and O–H groups in total. The molecule has 0 fully saturated rings. The van der Waals surface area contributed by atoms with Crippen LogP contribution in [-0.2, 0) is 12.8 Å². The summed E-state index contributed by atoms with van der Waals surface area (Å²) in [5, 5.41) is 0.648. The van der Waals surface area contributed by atoms with Gasteiger partial charge in [-0.3, -0.25) is 4.79 Å². The van der Waals surface area contributed by atoms with Crippen LogP contribution in [0.3, 0.4) is 0 Å². The highest BCUT2D eigenvalue weighted by molar-refractivity contribution is 6.30. The second kappa shape index (κ2) is 5.17. The van der Waals surface area contributed by atoms with Crippen LogP contribution < -0.4 is 5.56 Å². The Morgan fingerprint density at radius 3 is 2.84 bits per heavy atom. The van der Waals surface area contributed by atoms with E-state index >= 15 is 0 Å². The normalized spacial score (nSPS) is 14.8. The van der Waals surface area contributed by atoms with E-state index in [1.165, 1.54) is 6.42 Å².